The van der Waals surface area contributed by atoms with Crippen molar-refractivity contribution in [3.8, 4) is 0 Å². The summed E-state index contributed by atoms with van der Waals surface area (Å²) in [5.74, 6) is 0.764. The number of hydrogen-bond acceptors (Lipinski definition) is 2. The number of imidazole rings is 1. The van der Waals surface area contributed by atoms with Crippen LogP contribution >= 0.6 is 0 Å². The predicted octanol–water partition coefficient (Wildman–Crippen LogP) is 1.24. The van der Waals surface area contributed by atoms with Gasteiger partial charge in [0.25, 0.3) is 15.9 Å². The lowest BCUT2D eigenvalue weighted by Gasteiger charge is -2.05. The molecule has 6 heteroatoms. The standard InChI is InChI=1S/C12H12N2O3S/c1-2-12-13-7-8-14(12)9-10-5-3-4-6-11(10)18(15,16)17/h2-8H,1,9H2,(H,15,16,17)/p+1. The predicted molar refractivity (Wildman–Crippen MR) is 66.4 cm³/mol. The highest BCUT2D eigenvalue weighted by atomic mass is 32.2. The fraction of sp³-hybridized carbons (Fsp3) is 0.0833. The Labute approximate surface area is 105 Å². The van der Waals surface area contributed by atoms with Crippen LogP contribution in [0.4, 0.5) is 0 Å². The summed E-state index contributed by atoms with van der Waals surface area (Å²) in [6, 6.07) is 6.34. The normalized spacial score (nSPS) is 11.4. The van der Waals surface area contributed by atoms with E-state index >= 15 is 0 Å². The van der Waals surface area contributed by atoms with Crippen LogP contribution in [0.5, 0.6) is 0 Å². The molecule has 18 heavy (non-hydrogen) atoms. The van der Waals surface area contributed by atoms with Crippen molar-refractivity contribution in [2.45, 2.75) is 11.4 Å². The summed E-state index contributed by atoms with van der Waals surface area (Å²) < 4.78 is 33.5. The van der Waals surface area contributed by atoms with Crippen LogP contribution in [0.3, 0.4) is 0 Å². The molecule has 94 valence electrons. The molecule has 0 bridgehead atoms. The number of aromatic amines is 1. The van der Waals surface area contributed by atoms with Gasteiger partial charge in [-0.3, -0.25) is 4.55 Å². The minimum atomic E-state index is -4.21. The average Bonchev–Trinajstić information content (AvgIpc) is 2.75. The van der Waals surface area contributed by atoms with Gasteiger partial charge in [0.15, 0.2) is 0 Å². The van der Waals surface area contributed by atoms with E-state index in [0.29, 0.717) is 12.1 Å². The molecule has 1 heterocycles. The van der Waals surface area contributed by atoms with Crippen LogP contribution in [0, 0.1) is 0 Å². The monoisotopic (exact) mass is 265 g/mol. The number of nitrogens with zero attached hydrogens (tertiary/aromatic N) is 1. The van der Waals surface area contributed by atoms with Gasteiger partial charge in [0.2, 0.25) is 0 Å². The lowest BCUT2D eigenvalue weighted by Crippen LogP contribution is -2.35. The molecule has 0 aliphatic rings. The van der Waals surface area contributed by atoms with E-state index in [1.54, 1.807) is 41.2 Å². The molecule has 0 atom stereocenters. The van der Waals surface area contributed by atoms with Crippen LogP contribution < -0.4 is 4.57 Å². The minimum absolute atomic E-state index is 0.0753. The largest absolute Gasteiger partial charge is 0.294 e. The van der Waals surface area contributed by atoms with Gasteiger partial charge in [-0.05, 0) is 6.07 Å². The molecular formula is C12H13N2O3S+. The highest BCUT2D eigenvalue weighted by Crippen LogP contribution is 2.14. The highest BCUT2D eigenvalue weighted by molar-refractivity contribution is 7.85. The summed E-state index contributed by atoms with van der Waals surface area (Å²) in [6.07, 6.45) is 5.14. The van der Waals surface area contributed by atoms with Crippen LogP contribution in [-0.4, -0.2) is 18.0 Å². The topological polar surface area (TPSA) is 74.0 Å². The summed E-state index contributed by atoms with van der Waals surface area (Å²) in [5, 5.41) is 0. The second kappa shape index (κ2) is 4.75. The fourth-order valence-electron chi connectivity index (χ4n) is 1.76. The van der Waals surface area contributed by atoms with Crippen molar-refractivity contribution in [3.05, 3.63) is 54.6 Å². The Morgan fingerprint density at radius 3 is 2.78 bits per heavy atom. The van der Waals surface area contributed by atoms with Gasteiger partial charge in [-0.15, -0.1) is 0 Å². The maximum atomic E-state index is 11.3. The second-order valence-corrected chi connectivity index (χ2v) is 5.15. The van der Waals surface area contributed by atoms with Crippen LogP contribution in [-0.2, 0) is 16.7 Å². The molecule has 0 aliphatic heterocycles. The van der Waals surface area contributed by atoms with Gasteiger partial charge in [0, 0.05) is 11.6 Å². The lowest BCUT2D eigenvalue weighted by atomic mass is 10.2. The van der Waals surface area contributed by atoms with Crippen molar-refractivity contribution >= 4 is 16.2 Å². The van der Waals surface area contributed by atoms with E-state index < -0.39 is 10.1 Å². The van der Waals surface area contributed by atoms with Crippen molar-refractivity contribution in [3.63, 3.8) is 0 Å². The van der Waals surface area contributed by atoms with Crippen LogP contribution in [0.25, 0.3) is 6.08 Å². The van der Waals surface area contributed by atoms with Gasteiger partial charge < -0.3 is 0 Å². The van der Waals surface area contributed by atoms with E-state index in [0.717, 1.165) is 5.82 Å². The van der Waals surface area contributed by atoms with Gasteiger partial charge >= 0.3 is 0 Å². The summed E-state index contributed by atoms with van der Waals surface area (Å²) >= 11 is 0. The molecule has 5 nitrogen and oxygen atoms in total. The van der Waals surface area contributed by atoms with Gasteiger partial charge in [-0.2, -0.15) is 8.42 Å². The smallest absolute Gasteiger partial charge is 0.282 e. The molecule has 0 saturated heterocycles. The minimum Gasteiger partial charge on any atom is -0.282 e. The van der Waals surface area contributed by atoms with E-state index in [4.69, 9.17) is 4.55 Å². The van der Waals surface area contributed by atoms with Crippen molar-refractivity contribution in [1.29, 1.82) is 0 Å². The van der Waals surface area contributed by atoms with Crippen LogP contribution in [0.2, 0.25) is 0 Å². The van der Waals surface area contributed by atoms with E-state index in [1.807, 2.05) is 0 Å². The van der Waals surface area contributed by atoms with Crippen molar-refractivity contribution < 1.29 is 17.5 Å². The zero-order valence-corrected chi connectivity index (χ0v) is 10.4. The molecule has 1 aromatic heterocycles. The zero-order valence-electron chi connectivity index (χ0n) is 9.57. The number of rotatable bonds is 4. The van der Waals surface area contributed by atoms with Gasteiger partial charge in [-0.1, -0.05) is 24.8 Å². The van der Waals surface area contributed by atoms with Gasteiger partial charge in [0.05, 0.1) is 0 Å². The Hall–Kier alpha value is -1.92. The summed E-state index contributed by atoms with van der Waals surface area (Å²) in [6.45, 7) is 3.99. The average molecular weight is 265 g/mol. The molecule has 2 N–H and O–H groups in total. The molecule has 0 saturated carbocycles. The molecular weight excluding hydrogens is 252 g/mol. The Balaban J connectivity index is 2.44. The Morgan fingerprint density at radius 2 is 2.11 bits per heavy atom. The molecule has 0 fully saturated rings. The Kier molecular flexibility index (Phi) is 3.31. The van der Waals surface area contributed by atoms with Crippen LogP contribution in [0.15, 0.2) is 48.1 Å². The molecule has 0 spiro atoms. The van der Waals surface area contributed by atoms with E-state index in [9.17, 15) is 8.42 Å². The third-order valence-electron chi connectivity index (χ3n) is 2.58. The van der Waals surface area contributed by atoms with Crippen molar-refractivity contribution in [1.82, 2.24) is 4.98 Å². The maximum absolute atomic E-state index is 11.3. The second-order valence-electron chi connectivity index (χ2n) is 3.76. The first kappa shape index (κ1) is 12.5. The van der Waals surface area contributed by atoms with E-state index in [-0.39, 0.29) is 4.90 Å². The summed E-state index contributed by atoms with van der Waals surface area (Å²) in [7, 11) is -4.21. The third-order valence-corrected chi connectivity index (χ3v) is 3.53. The highest BCUT2D eigenvalue weighted by Gasteiger charge is 2.17. The lowest BCUT2D eigenvalue weighted by molar-refractivity contribution is -0.689. The van der Waals surface area contributed by atoms with E-state index in [2.05, 4.69) is 11.6 Å². The van der Waals surface area contributed by atoms with Crippen molar-refractivity contribution in [2.75, 3.05) is 0 Å². The van der Waals surface area contributed by atoms with Gasteiger partial charge in [0.1, 0.15) is 23.8 Å². The number of hydrogen-bond donors (Lipinski definition) is 2. The molecule has 0 aliphatic carbocycles. The van der Waals surface area contributed by atoms with Gasteiger partial charge in [-0.25, -0.2) is 9.55 Å². The molecule has 0 unspecified atom stereocenters. The van der Waals surface area contributed by atoms with Crippen molar-refractivity contribution in [2.24, 2.45) is 0 Å². The number of aromatic nitrogens is 2. The fourth-order valence-corrected chi connectivity index (χ4v) is 2.47. The SMILES string of the molecule is C=Cc1[nH]cc[n+]1Cc1ccccc1S(=O)(=O)O. The summed E-state index contributed by atoms with van der Waals surface area (Å²) in [5.41, 5.74) is 0.521. The molecule has 1 aromatic carbocycles. The Morgan fingerprint density at radius 1 is 1.39 bits per heavy atom. The first-order valence-corrected chi connectivity index (χ1v) is 6.71. The third kappa shape index (κ3) is 2.49. The molecule has 0 radical (unpaired) electrons. The molecule has 2 aromatic rings. The zero-order chi connectivity index (χ0) is 13.2. The summed E-state index contributed by atoms with van der Waals surface area (Å²) in [4.78, 5) is 2.89. The first-order valence-electron chi connectivity index (χ1n) is 5.27. The number of H-pyrrole nitrogens is 1. The van der Waals surface area contributed by atoms with E-state index in [1.165, 1.54) is 6.07 Å². The first-order chi connectivity index (χ1) is 8.52. The van der Waals surface area contributed by atoms with Crippen LogP contribution in [0.1, 0.15) is 11.4 Å². The molecule has 0 amide bonds. The number of benzene rings is 1. The maximum Gasteiger partial charge on any atom is 0.294 e. The Bertz CT molecular complexity index is 674. The molecule has 2 rings (SSSR count). The quantitative estimate of drug-likeness (QED) is 0.645. The number of nitrogens with one attached hydrogen (secondary N) is 1.